The highest BCUT2D eigenvalue weighted by atomic mass is 16.5. The number of amides is 1. The van der Waals surface area contributed by atoms with E-state index in [-0.39, 0.29) is 56.4 Å². The third kappa shape index (κ3) is 27.8. The zero-order valence-corrected chi connectivity index (χ0v) is 26.0. The number of aliphatic carboxylic acids is 2. The fourth-order valence-electron chi connectivity index (χ4n) is 4.57. The van der Waals surface area contributed by atoms with Crippen molar-refractivity contribution in [2.45, 2.75) is 135 Å². The van der Waals surface area contributed by atoms with Crippen LogP contribution >= 0.6 is 0 Å². The minimum Gasteiger partial charge on any atom is -0.481 e. The van der Waals surface area contributed by atoms with Crippen LogP contribution in [0.5, 0.6) is 0 Å². The molecule has 0 radical (unpaired) electrons. The number of carbonyl (C=O) groups excluding carboxylic acids is 3. The maximum absolute atomic E-state index is 12.3. The van der Waals surface area contributed by atoms with Crippen LogP contribution < -0.4 is 5.32 Å². The summed E-state index contributed by atoms with van der Waals surface area (Å²) in [5.74, 6) is -2.89. The number of ether oxygens (including phenoxy) is 2. The van der Waals surface area contributed by atoms with E-state index in [1.54, 1.807) is 6.92 Å². The van der Waals surface area contributed by atoms with Crippen LogP contribution in [0.25, 0.3) is 0 Å². The molecule has 0 saturated heterocycles. The van der Waals surface area contributed by atoms with Crippen molar-refractivity contribution in [1.29, 1.82) is 0 Å². The summed E-state index contributed by atoms with van der Waals surface area (Å²) in [6, 6.07) is 0. The Bertz CT molecular complexity index is 741. The summed E-state index contributed by atoms with van der Waals surface area (Å²) in [6.07, 6.45) is 16.8. The smallest absolute Gasteiger partial charge is 0.306 e. The summed E-state index contributed by atoms with van der Waals surface area (Å²) in [4.78, 5) is 57.5. The summed E-state index contributed by atoms with van der Waals surface area (Å²) in [5, 5.41) is 20.8. The molecule has 1 unspecified atom stereocenters. The number of carboxylic acids is 2. The molecule has 0 aromatic heterocycles. The van der Waals surface area contributed by atoms with E-state index in [2.05, 4.69) is 5.32 Å². The molecule has 1 atom stereocenters. The van der Waals surface area contributed by atoms with E-state index in [4.69, 9.17) is 14.6 Å². The Kier molecular flexibility index (Phi) is 27.2. The quantitative estimate of drug-likeness (QED) is 0.0803. The van der Waals surface area contributed by atoms with Gasteiger partial charge in [-0.3, -0.25) is 24.0 Å². The first-order chi connectivity index (χ1) is 20.3. The predicted octanol–water partition coefficient (Wildman–Crippen LogP) is 5.88. The highest BCUT2D eigenvalue weighted by Gasteiger charge is 2.22. The van der Waals surface area contributed by atoms with Crippen LogP contribution in [0.3, 0.4) is 0 Å². The number of hydrogen-bond donors (Lipinski definition) is 3. The third-order valence-electron chi connectivity index (χ3n) is 7.24. The summed E-state index contributed by atoms with van der Waals surface area (Å²) in [7, 11) is 0. The number of nitrogens with one attached hydrogen (secondary N) is 1. The van der Waals surface area contributed by atoms with Gasteiger partial charge in [-0.25, -0.2) is 0 Å². The first kappa shape index (κ1) is 39.7. The van der Waals surface area contributed by atoms with Crippen molar-refractivity contribution in [3.05, 3.63) is 0 Å². The van der Waals surface area contributed by atoms with Crippen molar-refractivity contribution < 1.29 is 43.7 Å². The average Bonchev–Trinajstić information content (AvgIpc) is 2.95. The van der Waals surface area contributed by atoms with Crippen molar-refractivity contribution in [3.8, 4) is 0 Å². The van der Waals surface area contributed by atoms with Crippen LogP contribution in [0.15, 0.2) is 0 Å². The number of carbonyl (C=O) groups is 5. The van der Waals surface area contributed by atoms with Gasteiger partial charge in [-0.05, 0) is 19.3 Å². The molecule has 0 heterocycles. The Balaban J connectivity index is 3.66. The van der Waals surface area contributed by atoms with Crippen LogP contribution in [0.1, 0.15) is 135 Å². The van der Waals surface area contributed by atoms with Gasteiger partial charge in [0.1, 0.15) is 12.4 Å². The van der Waals surface area contributed by atoms with E-state index in [9.17, 15) is 29.1 Å². The highest BCUT2D eigenvalue weighted by molar-refractivity contribution is 5.84. The van der Waals surface area contributed by atoms with Gasteiger partial charge >= 0.3 is 11.9 Å². The lowest BCUT2D eigenvalue weighted by atomic mass is 9.94. The second kappa shape index (κ2) is 28.8. The molecule has 1 amide bonds. The van der Waals surface area contributed by atoms with E-state index in [0.29, 0.717) is 32.6 Å². The molecule has 0 fully saturated rings. The first-order valence-corrected chi connectivity index (χ1v) is 16.2. The lowest BCUT2D eigenvalue weighted by molar-refractivity contribution is -0.144. The molecule has 10 nitrogen and oxygen atoms in total. The Morgan fingerprint density at radius 1 is 0.619 bits per heavy atom. The summed E-state index contributed by atoms with van der Waals surface area (Å²) >= 11 is 0. The van der Waals surface area contributed by atoms with Gasteiger partial charge in [-0.1, -0.05) is 84.0 Å². The van der Waals surface area contributed by atoms with E-state index >= 15 is 0 Å². The number of unbranched alkanes of at least 4 members (excludes halogenated alkanes) is 13. The molecule has 0 aliphatic carbocycles. The van der Waals surface area contributed by atoms with Crippen molar-refractivity contribution in [2.24, 2.45) is 5.92 Å². The zero-order chi connectivity index (χ0) is 31.3. The van der Waals surface area contributed by atoms with Gasteiger partial charge in [-0.15, -0.1) is 0 Å². The molecule has 244 valence electrons. The molecule has 0 rings (SSSR count). The van der Waals surface area contributed by atoms with E-state index in [1.807, 2.05) is 0 Å². The van der Waals surface area contributed by atoms with Gasteiger partial charge in [0.15, 0.2) is 5.78 Å². The van der Waals surface area contributed by atoms with Gasteiger partial charge in [0.05, 0.1) is 25.7 Å². The number of ketones is 2. The largest absolute Gasteiger partial charge is 0.481 e. The standard InChI is InChI=1S/C32H57NO9/c1-2-28(34)26-42-24-23-41-22-21-33-30(36)20-19-27(32(39)40)25-29(35)17-15-13-11-9-7-5-3-4-6-8-10-12-14-16-18-31(37)38/h27H,2-26H2,1H3,(H,33,36)(H,37,38)(H,39,40). The van der Waals surface area contributed by atoms with E-state index in [1.165, 1.54) is 44.9 Å². The second-order valence-electron chi connectivity index (χ2n) is 11.1. The number of Topliss-reactive ketones (excluding diaryl/α,β-unsaturated/α-hetero) is 2. The Morgan fingerprint density at radius 2 is 1.12 bits per heavy atom. The van der Waals surface area contributed by atoms with Gasteiger partial charge in [0.25, 0.3) is 0 Å². The second-order valence-corrected chi connectivity index (χ2v) is 11.1. The topological polar surface area (TPSA) is 156 Å². The average molecular weight is 600 g/mol. The van der Waals surface area contributed by atoms with Gasteiger partial charge < -0.3 is 25.0 Å². The molecule has 0 aliphatic heterocycles. The lowest BCUT2D eigenvalue weighted by Crippen LogP contribution is -2.29. The molecule has 0 aliphatic rings. The number of hydrogen-bond acceptors (Lipinski definition) is 7. The molecule has 0 aromatic rings. The summed E-state index contributed by atoms with van der Waals surface area (Å²) in [5.41, 5.74) is 0. The third-order valence-corrected chi connectivity index (χ3v) is 7.24. The molecule has 42 heavy (non-hydrogen) atoms. The highest BCUT2D eigenvalue weighted by Crippen LogP contribution is 2.17. The molecule has 0 saturated carbocycles. The molecule has 10 heteroatoms. The normalized spacial score (nSPS) is 11.7. The number of rotatable bonds is 32. The molecule has 0 bridgehead atoms. The molecule has 0 aromatic carbocycles. The fraction of sp³-hybridized carbons (Fsp3) is 0.844. The molecular weight excluding hydrogens is 542 g/mol. The van der Waals surface area contributed by atoms with Crippen LogP contribution in [-0.4, -0.2) is 72.6 Å². The first-order valence-electron chi connectivity index (χ1n) is 16.2. The Labute approximate surface area is 252 Å². The minimum absolute atomic E-state index is 0.0319. The minimum atomic E-state index is -1.04. The van der Waals surface area contributed by atoms with E-state index < -0.39 is 17.9 Å². The zero-order valence-electron chi connectivity index (χ0n) is 26.0. The van der Waals surface area contributed by atoms with Gasteiger partial charge in [0.2, 0.25) is 5.91 Å². The van der Waals surface area contributed by atoms with Crippen molar-refractivity contribution >= 4 is 29.4 Å². The Morgan fingerprint density at radius 3 is 1.62 bits per heavy atom. The van der Waals surface area contributed by atoms with Crippen LogP contribution in [0.2, 0.25) is 0 Å². The van der Waals surface area contributed by atoms with Crippen LogP contribution in [0.4, 0.5) is 0 Å². The molecular formula is C32H57NO9. The van der Waals surface area contributed by atoms with Crippen LogP contribution in [0, 0.1) is 5.92 Å². The lowest BCUT2D eigenvalue weighted by Gasteiger charge is -2.12. The summed E-state index contributed by atoms with van der Waals surface area (Å²) < 4.78 is 10.5. The molecule has 3 N–H and O–H groups in total. The van der Waals surface area contributed by atoms with Gasteiger partial charge in [0, 0.05) is 38.6 Å². The maximum Gasteiger partial charge on any atom is 0.306 e. The number of carboxylic acid groups (broad SMARTS) is 2. The van der Waals surface area contributed by atoms with Crippen molar-refractivity contribution in [3.63, 3.8) is 0 Å². The molecule has 0 spiro atoms. The van der Waals surface area contributed by atoms with Crippen molar-refractivity contribution in [2.75, 3.05) is 33.0 Å². The van der Waals surface area contributed by atoms with Gasteiger partial charge in [-0.2, -0.15) is 0 Å². The Hall–Kier alpha value is -2.33. The van der Waals surface area contributed by atoms with Crippen LogP contribution in [-0.2, 0) is 33.4 Å². The SMILES string of the molecule is CCC(=O)COCCOCCNC(=O)CCC(CC(=O)CCCCCCCCCCCCCCCCC(=O)O)C(=O)O. The predicted molar refractivity (Wildman–Crippen MR) is 161 cm³/mol. The summed E-state index contributed by atoms with van der Waals surface area (Å²) in [6.45, 7) is 3.05. The van der Waals surface area contributed by atoms with Crippen molar-refractivity contribution in [1.82, 2.24) is 5.32 Å². The maximum atomic E-state index is 12.3. The fourth-order valence-corrected chi connectivity index (χ4v) is 4.57. The van der Waals surface area contributed by atoms with E-state index in [0.717, 1.165) is 44.9 Å². The monoisotopic (exact) mass is 599 g/mol.